The van der Waals surface area contributed by atoms with Crippen molar-refractivity contribution in [2.24, 2.45) is 0 Å². The van der Waals surface area contributed by atoms with Crippen LogP contribution in [-0.4, -0.2) is 47.1 Å². The van der Waals surface area contributed by atoms with Crippen LogP contribution in [0.5, 0.6) is 0 Å². The number of fused-ring (bicyclic) bond motifs is 1. The molecule has 1 atom stereocenters. The van der Waals surface area contributed by atoms with E-state index in [1.807, 2.05) is 12.1 Å². The summed E-state index contributed by atoms with van der Waals surface area (Å²) < 4.78 is 0. The molecule has 2 aromatic rings. The van der Waals surface area contributed by atoms with E-state index in [1.165, 1.54) is 6.42 Å². The fourth-order valence-electron chi connectivity index (χ4n) is 3.06. The molecule has 1 aromatic heterocycles. The van der Waals surface area contributed by atoms with Crippen LogP contribution in [0.1, 0.15) is 20.3 Å². The molecule has 4 nitrogen and oxygen atoms in total. The summed E-state index contributed by atoms with van der Waals surface area (Å²) in [4.78, 5) is 13.0. The Morgan fingerprint density at radius 2 is 2.11 bits per heavy atom. The van der Waals surface area contributed by atoms with Crippen molar-refractivity contribution >= 4 is 17.0 Å². The third kappa shape index (κ3) is 2.32. The molecule has 0 saturated carbocycles. The van der Waals surface area contributed by atoms with E-state index in [0.717, 1.165) is 43.2 Å². The minimum absolute atomic E-state index is 0.670. The van der Waals surface area contributed by atoms with Gasteiger partial charge in [-0.3, -0.25) is 4.90 Å². The number of rotatable bonds is 4. The molecule has 1 aromatic carbocycles. The van der Waals surface area contributed by atoms with E-state index in [2.05, 4.69) is 40.8 Å². The van der Waals surface area contributed by atoms with E-state index in [4.69, 9.17) is 4.98 Å². The molecule has 0 bridgehead atoms. The Labute approximate surface area is 114 Å². The quantitative estimate of drug-likeness (QED) is 0.915. The van der Waals surface area contributed by atoms with Gasteiger partial charge in [-0.25, -0.2) is 4.98 Å². The first-order valence-corrected chi connectivity index (χ1v) is 7.25. The van der Waals surface area contributed by atoms with E-state index >= 15 is 0 Å². The summed E-state index contributed by atoms with van der Waals surface area (Å²) in [5.41, 5.74) is 2.19. The number of H-pyrrole nitrogens is 1. The lowest BCUT2D eigenvalue weighted by atomic mass is 10.2. The Kier molecular flexibility index (Phi) is 3.42. The molecule has 1 aliphatic rings. The van der Waals surface area contributed by atoms with Gasteiger partial charge >= 0.3 is 0 Å². The van der Waals surface area contributed by atoms with Crippen molar-refractivity contribution in [1.82, 2.24) is 14.9 Å². The fourth-order valence-corrected chi connectivity index (χ4v) is 3.06. The zero-order chi connectivity index (χ0) is 13.2. The normalized spacial score (nSPS) is 19.7. The van der Waals surface area contributed by atoms with Crippen LogP contribution in [0.25, 0.3) is 11.0 Å². The summed E-state index contributed by atoms with van der Waals surface area (Å²) in [5, 5.41) is 0. The maximum atomic E-state index is 4.69. The molecule has 19 heavy (non-hydrogen) atoms. The van der Waals surface area contributed by atoms with Gasteiger partial charge in [0.15, 0.2) is 0 Å². The Morgan fingerprint density at radius 1 is 1.32 bits per heavy atom. The van der Waals surface area contributed by atoms with Gasteiger partial charge in [0.05, 0.1) is 11.0 Å². The van der Waals surface area contributed by atoms with Crippen molar-refractivity contribution in [3.05, 3.63) is 24.3 Å². The first-order chi connectivity index (χ1) is 9.31. The summed E-state index contributed by atoms with van der Waals surface area (Å²) >= 11 is 0. The van der Waals surface area contributed by atoms with Crippen LogP contribution in [-0.2, 0) is 0 Å². The van der Waals surface area contributed by atoms with Crippen molar-refractivity contribution in [2.75, 3.05) is 31.1 Å². The highest BCUT2D eigenvalue weighted by Crippen LogP contribution is 2.23. The molecule has 1 N–H and O–H groups in total. The maximum Gasteiger partial charge on any atom is 0.203 e. The maximum absolute atomic E-state index is 4.69. The van der Waals surface area contributed by atoms with Gasteiger partial charge in [-0.15, -0.1) is 0 Å². The summed E-state index contributed by atoms with van der Waals surface area (Å²) in [7, 11) is 0. The average molecular weight is 258 g/mol. The van der Waals surface area contributed by atoms with Crippen LogP contribution in [0.2, 0.25) is 0 Å². The standard InChI is InChI=1S/C15H22N4/c1-3-18(4-2)12-9-10-19(11-12)15-16-13-7-5-6-8-14(13)17-15/h5-8,12H,3-4,9-11H2,1-2H3,(H,16,17). The molecular weight excluding hydrogens is 236 g/mol. The van der Waals surface area contributed by atoms with Gasteiger partial charge in [0.1, 0.15) is 0 Å². The van der Waals surface area contributed by atoms with E-state index in [0.29, 0.717) is 6.04 Å². The number of nitrogens with one attached hydrogen (secondary N) is 1. The highest BCUT2D eigenvalue weighted by Gasteiger charge is 2.27. The molecule has 1 saturated heterocycles. The van der Waals surface area contributed by atoms with Crippen LogP contribution in [0.4, 0.5) is 5.95 Å². The van der Waals surface area contributed by atoms with E-state index in [1.54, 1.807) is 0 Å². The van der Waals surface area contributed by atoms with Gasteiger partial charge < -0.3 is 9.88 Å². The van der Waals surface area contributed by atoms with Crippen molar-refractivity contribution in [1.29, 1.82) is 0 Å². The molecule has 0 radical (unpaired) electrons. The molecule has 0 aliphatic carbocycles. The second-order valence-electron chi connectivity index (χ2n) is 5.19. The molecular formula is C15H22N4. The minimum Gasteiger partial charge on any atom is -0.341 e. The highest BCUT2D eigenvalue weighted by molar-refractivity contribution is 5.77. The van der Waals surface area contributed by atoms with Crippen LogP contribution >= 0.6 is 0 Å². The van der Waals surface area contributed by atoms with Crippen molar-refractivity contribution in [2.45, 2.75) is 26.3 Å². The smallest absolute Gasteiger partial charge is 0.203 e. The molecule has 4 heteroatoms. The zero-order valence-corrected chi connectivity index (χ0v) is 11.8. The van der Waals surface area contributed by atoms with Crippen molar-refractivity contribution < 1.29 is 0 Å². The molecule has 1 fully saturated rings. The topological polar surface area (TPSA) is 35.2 Å². The van der Waals surface area contributed by atoms with E-state index < -0.39 is 0 Å². The number of para-hydroxylation sites is 2. The lowest BCUT2D eigenvalue weighted by Gasteiger charge is -2.25. The number of aromatic amines is 1. The predicted octanol–water partition coefficient (Wildman–Crippen LogP) is 2.48. The number of anilines is 1. The fraction of sp³-hybridized carbons (Fsp3) is 0.533. The Balaban J connectivity index is 1.77. The third-order valence-corrected chi connectivity index (χ3v) is 4.17. The minimum atomic E-state index is 0.670. The third-order valence-electron chi connectivity index (χ3n) is 4.17. The highest BCUT2D eigenvalue weighted by atomic mass is 15.3. The molecule has 1 unspecified atom stereocenters. The second-order valence-corrected chi connectivity index (χ2v) is 5.19. The first kappa shape index (κ1) is 12.5. The van der Waals surface area contributed by atoms with Crippen LogP contribution in [0, 0.1) is 0 Å². The molecule has 3 rings (SSSR count). The Morgan fingerprint density at radius 3 is 2.84 bits per heavy atom. The van der Waals surface area contributed by atoms with Gasteiger partial charge in [-0.2, -0.15) is 0 Å². The first-order valence-electron chi connectivity index (χ1n) is 7.25. The number of hydrogen-bond donors (Lipinski definition) is 1. The van der Waals surface area contributed by atoms with Crippen molar-refractivity contribution in [3.8, 4) is 0 Å². The molecule has 2 heterocycles. The van der Waals surface area contributed by atoms with Gasteiger partial charge in [-0.05, 0) is 31.6 Å². The monoisotopic (exact) mass is 258 g/mol. The zero-order valence-electron chi connectivity index (χ0n) is 11.8. The lowest BCUT2D eigenvalue weighted by Crippen LogP contribution is -2.37. The molecule has 0 amide bonds. The van der Waals surface area contributed by atoms with E-state index in [-0.39, 0.29) is 0 Å². The molecule has 102 valence electrons. The SMILES string of the molecule is CCN(CC)C1CCN(c2nc3ccccc3[nH]2)C1. The second kappa shape index (κ2) is 5.21. The Bertz CT molecular complexity index is 511. The van der Waals surface area contributed by atoms with Gasteiger partial charge in [-0.1, -0.05) is 26.0 Å². The number of benzene rings is 1. The summed E-state index contributed by atoms with van der Waals surface area (Å²) in [6.45, 7) is 8.94. The summed E-state index contributed by atoms with van der Waals surface area (Å²) in [6.07, 6.45) is 1.23. The van der Waals surface area contributed by atoms with Gasteiger partial charge in [0.2, 0.25) is 5.95 Å². The predicted molar refractivity (Wildman–Crippen MR) is 79.6 cm³/mol. The van der Waals surface area contributed by atoms with Gasteiger partial charge in [0.25, 0.3) is 0 Å². The number of imidazole rings is 1. The number of hydrogen-bond acceptors (Lipinski definition) is 3. The Hall–Kier alpha value is -1.55. The van der Waals surface area contributed by atoms with Crippen LogP contribution in [0.3, 0.4) is 0 Å². The summed E-state index contributed by atoms with van der Waals surface area (Å²) in [6, 6.07) is 8.91. The summed E-state index contributed by atoms with van der Waals surface area (Å²) in [5.74, 6) is 1.02. The van der Waals surface area contributed by atoms with E-state index in [9.17, 15) is 0 Å². The number of likely N-dealkylation sites (N-methyl/N-ethyl adjacent to an activating group) is 1. The largest absolute Gasteiger partial charge is 0.341 e. The average Bonchev–Trinajstić information content (AvgIpc) is 3.06. The number of aromatic nitrogens is 2. The lowest BCUT2D eigenvalue weighted by molar-refractivity contribution is 0.232. The number of nitrogens with zero attached hydrogens (tertiary/aromatic N) is 3. The molecule has 0 spiro atoms. The van der Waals surface area contributed by atoms with Crippen molar-refractivity contribution in [3.63, 3.8) is 0 Å². The molecule has 1 aliphatic heterocycles. The van der Waals surface area contributed by atoms with Gasteiger partial charge in [0, 0.05) is 19.1 Å². The van der Waals surface area contributed by atoms with Crippen LogP contribution in [0.15, 0.2) is 24.3 Å². The van der Waals surface area contributed by atoms with Crippen LogP contribution < -0.4 is 4.90 Å².